The van der Waals surface area contributed by atoms with Gasteiger partial charge in [-0.25, -0.2) is 0 Å². The second kappa shape index (κ2) is 4.96. The summed E-state index contributed by atoms with van der Waals surface area (Å²) in [5, 5.41) is 12.6. The van der Waals surface area contributed by atoms with E-state index in [1.165, 1.54) is 0 Å². The van der Waals surface area contributed by atoms with Gasteiger partial charge in [-0.15, -0.1) is 0 Å². The van der Waals surface area contributed by atoms with Crippen LogP contribution in [0.2, 0.25) is 0 Å². The van der Waals surface area contributed by atoms with Gasteiger partial charge in [-0.3, -0.25) is 14.9 Å². The second-order valence-corrected chi connectivity index (χ2v) is 4.98. The molecule has 0 bridgehead atoms. The normalized spacial score (nSPS) is 10.9. The number of hydrogen-bond donors (Lipinski definition) is 2. The van der Waals surface area contributed by atoms with E-state index in [0.29, 0.717) is 11.4 Å². The van der Waals surface area contributed by atoms with E-state index in [-0.39, 0.29) is 5.91 Å². The number of aromatic nitrogens is 3. The molecule has 0 aliphatic rings. The van der Waals surface area contributed by atoms with Crippen LogP contribution in [-0.4, -0.2) is 21.1 Å². The van der Waals surface area contributed by atoms with Crippen molar-refractivity contribution in [3.8, 4) is 0 Å². The Kier molecular flexibility index (Phi) is 2.83. The van der Waals surface area contributed by atoms with Crippen LogP contribution in [0.5, 0.6) is 0 Å². The summed E-state index contributed by atoms with van der Waals surface area (Å²) in [6, 6.07) is 15.3. The zero-order valence-corrected chi connectivity index (χ0v) is 11.6. The number of nitrogens with one attached hydrogen (secondary N) is 2. The number of H-pyrrole nitrogens is 1. The fraction of sp³-hybridized carbons (Fsp3) is 0. The summed E-state index contributed by atoms with van der Waals surface area (Å²) < 4.78 is 0. The Balaban J connectivity index is 1.75. The van der Waals surface area contributed by atoms with Crippen LogP contribution in [0.3, 0.4) is 0 Å². The zero-order chi connectivity index (χ0) is 14.9. The smallest absolute Gasteiger partial charge is 0.276 e. The van der Waals surface area contributed by atoms with Gasteiger partial charge < -0.3 is 5.32 Å². The summed E-state index contributed by atoms with van der Waals surface area (Å²) in [4.78, 5) is 16.7. The Labute approximate surface area is 126 Å². The first-order valence-corrected chi connectivity index (χ1v) is 6.90. The predicted molar refractivity (Wildman–Crippen MR) is 85.8 cm³/mol. The molecule has 5 heteroatoms. The first-order valence-electron chi connectivity index (χ1n) is 6.90. The van der Waals surface area contributed by atoms with Crippen molar-refractivity contribution in [2.75, 3.05) is 5.32 Å². The van der Waals surface area contributed by atoms with Gasteiger partial charge in [0, 0.05) is 22.4 Å². The van der Waals surface area contributed by atoms with E-state index in [1.54, 1.807) is 12.4 Å². The average Bonchev–Trinajstić information content (AvgIpc) is 2.99. The number of carbonyl (C=O) groups excluding carboxylic acids is 1. The van der Waals surface area contributed by atoms with Crippen LogP contribution in [0.4, 0.5) is 5.69 Å². The molecule has 0 fully saturated rings. The summed E-state index contributed by atoms with van der Waals surface area (Å²) in [5.41, 5.74) is 1.89. The molecule has 0 saturated carbocycles. The van der Waals surface area contributed by atoms with Crippen LogP contribution >= 0.6 is 0 Å². The van der Waals surface area contributed by atoms with Gasteiger partial charge in [-0.2, -0.15) is 5.10 Å². The number of anilines is 1. The van der Waals surface area contributed by atoms with Crippen LogP contribution in [0, 0.1) is 0 Å². The highest BCUT2D eigenvalue weighted by molar-refractivity contribution is 6.13. The fourth-order valence-corrected chi connectivity index (χ4v) is 2.53. The van der Waals surface area contributed by atoms with E-state index in [0.717, 1.165) is 21.7 Å². The summed E-state index contributed by atoms with van der Waals surface area (Å²) in [7, 11) is 0. The number of amides is 1. The Morgan fingerprint density at radius 3 is 2.64 bits per heavy atom. The van der Waals surface area contributed by atoms with Crippen molar-refractivity contribution in [2.24, 2.45) is 0 Å². The van der Waals surface area contributed by atoms with Crippen molar-refractivity contribution in [2.45, 2.75) is 0 Å². The quantitative estimate of drug-likeness (QED) is 0.594. The lowest BCUT2D eigenvalue weighted by Crippen LogP contribution is -2.13. The lowest BCUT2D eigenvalue weighted by Gasteiger charge is -2.07. The van der Waals surface area contributed by atoms with Gasteiger partial charge in [0.25, 0.3) is 5.91 Å². The molecule has 0 spiro atoms. The highest BCUT2D eigenvalue weighted by Crippen LogP contribution is 2.23. The van der Waals surface area contributed by atoms with E-state index in [1.807, 2.05) is 48.5 Å². The molecule has 4 aromatic rings. The van der Waals surface area contributed by atoms with Crippen LogP contribution in [0.1, 0.15) is 10.5 Å². The maximum absolute atomic E-state index is 12.5. The Morgan fingerprint density at radius 1 is 0.955 bits per heavy atom. The largest absolute Gasteiger partial charge is 0.319 e. The fourth-order valence-electron chi connectivity index (χ4n) is 2.53. The highest BCUT2D eigenvalue weighted by Gasteiger charge is 2.15. The van der Waals surface area contributed by atoms with Crippen LogP contribution in [0.15, 0.2) is 60.9 Å². The van der Waals surface area contributed by atoms with Crippen molar-refractivity contribution < 1.29 is 4.79 Å². The van der Waals surface area contributed by atoms with Crippen LogP contribution in [0.25, 0.3) is 21.7 Å². The summed E-state index contributed by atoms with van der Waals surface area (Å²) in [5.74, 6) is -0.254. The van der Waals surface area contributed by atoms with E-state index in [2.05, 4.69) is 20.5 Å². The topological polar surface area (TPSA) is 70.7 Å². The number of pyridine rings is 1. The minimum absolute atomic E-state index is 0.254. The van der Waals surface area contributed by atoms with Gasteiger partial charge in [0.05, 0.1) is 17.4 Å². The summed E-state index contributed by atoms with van der Waals surface area (Å²) in [6.45, 7) is 0. The molecule has 0 aliphatic heterocycles. The molecular weight excluding hydrogens is 276 g/mol. The SMILES string of the molecule is O=C(Nc1cncc2ccccc12)c1n[nH]c2ccccc12. The zero-order valence-electron chi connectivity index (χ0n) is 11.6. The van der Waals surface area contributed by atoms with Gasteiger partial charge in [-0.05, 0) is 6.07 Å². The molecule has 2 aromatic heterocycles. The Morgan fingerprint density at radius 2 is 1.73 bits per heavy atom. The van der Waals surface area contributed by atoms with Crippen molar-refractivity contribution in [3.05, 3.63) is 66.6 Å². The van der Waals surface area contributed by atoms with E-state index >= 15 is 0 Å². The Bertz CT molecular complexity index is 985. The molecular formula is C17H12N4O. The van der Waals surface area contributed by atoms with Crippen LogP contribution in [-0.2, 0) is 0 Å². The first kappa shape index (κ1) is 12.5. The second-order valence-electron chi connectivity index (χ2n) is 4.98. The van der Waals surface area contributed by atoms with Crippen LogP contribution < -0.4 is 5.32 Å². The van der Waals surface area contributed by atoms with E-state index in [4.69, 9.17) is 0 Å². The van der Waals surface area contributed by atoms with Gasteiger partial charge >= 0.3 is 0 Å². The maximum atomic E-state index is 12.5. The molecule has 2 aromatic carbocycles. The van der Waals surface area contributed by atoms with Crippen molar-refractivity contribution in [1.29, 1.82) is 0 Å². The average molecular weight is 288 g/mol. The number of aromatic amines is 1. The number of nitrogens with zero attached hydrogens (tertiary/aromatic N) is 2. The van der Waals surface area contributed by atoms with Gasteiger partial charge in [0.1, 0.15) is 0 Å². The summed E-state index contributed by atoms with van der Waals surface area (Å²) in [6.07, 6.45) is 3.42. The molecule has 0 saturated heterocycles. The molecule has 0 atom stereocenters. The van der Waals surface area contributed by atoms with Gasteiger partial charge in [0.2, 0.25) is 0 Å². The molecule has 106 valence electrons. The van der Waals surface area contributed by atoms with Gasteiger partial charge in [-0.1, -0.05) is 42.5 Å². The lowest BCUT2D eigenvalue weighted by molar-refractivity contribution is 0.102. The highest BCUT2D eigenvalue weighted by atomic mass is 16.1. The minimum Gasteiger partial charge on any atom is -0.319 e. The molecule has 0 radical (unpaired) electrons. The Hall–Kier alpha value is -3.21. The molecule has 5 nitrogen and oxygen atoms in total. The number of para-hydroxylation sites is 1. The number of carbonyl (C=O) groups is 1. The molecule has 1 amide bonds. The molecule has 0 aliphatic carbocycles. The van der Waals surface area contributed by atoms with Crippen molar-refractivity contribution in [3.63, 3.8) is 0 Å². The van der Waals surface area contributed by atoms with E-state index < -0.39 is 0 Å². The van der Waals surface area contributed by atoms with Gasteiger partial charge in [0.15, 0.2) is 5.69 Å². The summed E-state index contributed by atoms with van der Waals surface area (Å²) >= 11 is 0. The standard InChI is InChI=1S/C17H12N4O/c22-17(16-13-7-3-4-8-14(13)20-21-16)19-15-10-18-9-11-5-1-2-6-12(11)15/h1-10H,(H,19,22)(H,20,21). The third-order valence-electron chi connectivity index (χ3n) is 3.60. The van der Waals surface area contributed by atoms with E-state index in [9.17, 15) is 4.79 Å². The number of fused-ring (bicyclic) bond motifs is 2. The first-order chi connectivity index (χ1) is 10.8. The number of benzene rings is 2. The molecule has 22 heavy (non-hydrogen) atoms. The molecule has 4 rings (SSSR count). The molecule has 2 N–H and O–H groups in total. The predicted octanol–water partition coefficient (Wildman–Crippen LogP) is 3.36. The molecule has 0 unspecified atom stereocenters. The third kappa shape index (κ3) is 2.00. The molecule has 2 heterocycles. The minimum atomic E-state index is -0.254. The monoisotopic (exact) mass is 288 g/mol. The number of hydrogen-bond acceptors (Lipinski definition) is 3. The third-order valence-corrected chi connectivity index (χ3v) is 3.60. The number of rotatable bonds is 2. The van der Waals surface area contributed by atoms with Crippen molar-refractivity contribution in [1.82, 2.24) is 15.2 Å². The maximum Gasteiger partial charge on any atom is 0.276 e. The van der Waals surface area contributed by atoms with Crippen molar-refractivity contribution >= 4 is 33.3 Å². The lowest BCUT2D eigenvalue weighted by atomic mass is 10.1.